The molecule has 1 aliphatic rings. The van der Waals surface area contributed by atoms with E-state index in [1.165, 1.54) is 11.7 Å². The summed E-state index contributed by atoms with van der Waals surface area (Å²) in [5.74, 6) is 0. The molecule has 0 fully saturated rings. The molecule has 0 saturated carbocycles. The van der Waals surface area contributed by atoms with E-state index in [4.69, 9.17) is 0 Å². The highest BCUT2D eigenvalue weighted by molar-refractivity contribution is 8.24. The predicted octanol–water partition coefficient (Wildman–Crippen LogP) is 6.12. The van der Waals surface area contributed by atoms with Crippen LogP contribution in [0.5, 0.6) is 0 Å². The van der Waals surface area contributed by atoms with Gasteiger partial charge in [0.15, 0.2) is 0 Å². The van der Waals surface area contributed by atoms with Crippen LogP contribution in [-0.2, 0) is 0 Å². The first-order chi connectivity index (χ1) is 8.00. The van der Waals surface area contributed by atoms with E-state index in [1.807, 2.05) is 4.94 Å². The fourth-order valence-corrected chi connectivity index (χ4v) is 18.2. The summed E-state index contributed by atoms with van der Waals surface area (Å²) in [6, 6.07) is 0. The maximum absolute atomic E-state index is 2.65. The van der Waals surface area contributed by atoms with Gasteiger partial charge in [-0.3, -0.25) is 0 Å². The standard InChI is InChI=1S/C14H28P2Si2/c1-12-9-14(18(6,7)8)16(10-13(12)2)15-11-17(3,4)5/h9,11H,10H2,1-8H3. The van der Waals surface area contributed by atoms with E-state index in [-0.39, 0.29) is 7.61 Å². The summed E-state index contributed by atoms with van der Waals surface area (Å²) in [7, 11) is -0.460. The highest BCUT2D eigenvalue weighted by Gasteiger charge is 2.29. The van der Waals surface area contributed by atoms with Gasteiger partial charge in [0.1, 0.15) is 0 Å². The molecule has 0 nitrogen and oxygen atoms in total. The molecular formula is C14H28P2Si2. The van der Waals surface area contributed by atoms with Crippen molar-refractivity contribution in [2.75, 3.05) is 6.16 Å². The van der Waals surface area contributed by atoms with Crippen LogP contribution in [0, 0.1) is 0 Å². The van der Waals surface area contributed by atoms with E-state index in [1.54, 1.807) is 13.5 Å². The molecule has 0 saturated heterocycles. The highest BCUT2D eigenvalue weighted by Crippen LogP contribution is 2.62. The Kier molecular flexibility index (Phi) is 5.41. The zero-order valence-corrected chi connectivity index (χ0v) is 17.0. The van der Waals surface area contributed by atoms with Crippen LogP contribution in [0.1, 0.15) is 13.8 Å². The van der Waals surface area contributed by atoms with E-state index >= 15 is 0 Å². The third-order valence-corrected chi connectivity index (χ3v) is 16.4. The van der Waals surface area contributed by atoms with Gasteiger partial charge in [0, 0.05) is 0 Å². The fourth-order valence-electron chi connectivity index (χ4n) is 1.79. The SMILES string of the molecule is CC1=C(C)CP(P=C[Si](C)(C)C)C([Si](C)(C)C)=C1. The molecule has 1 heterocycles. The van der Waals surface area contributed by atoms with Gasteiger partial charge in [-0.05, 0) is 32.6 Å². The lowest BCUT2D eigenvalue weighted by Gasteiger charge is -2.31. The Balaban J connectivity index is 3.07. The van der Waals surface area contributed by atoms with Crippen LogP contribution in [0.15, 0.2) is 22.2 Å². The van der Waals surface area contributed by atoms with Crippen LogP contribution in [0.25, 0.3) is 0 Å². The predicted molar refractivity (Wildman–Crippen MR) is 97.9 cm³/mol. The summed E-state index contributed by atoms with van der Waals surface area (Å²) in [5, 5.41) is 0. The Labute approximate surface area is 118 Å². The molecule has 18 heavy (non-hydrogen) atoms. The first-order valence-corrected chi connectivity index (χ1v) is 17.0. The number of hydrogen-bond donors (Lipinski definition) is 0. The molecule has 102 valence electrons. The average molecular weight is 314 g/mol. The van der Waals surface area contributed by atoms with E-state index in [9.17, 15) is 0 Å². The lowest BCUT2D eigenvalue weighted by Crippen LogP contribution is -2.25. The third kappa shape index (κ3) is 4.89. The minimum absolute atomic E-state index is 0.0628. The van der Waals surface area contributed by atoms with Gasteiger partial charge in [-0.25, -0.2) is 0 Å². The van der Waals surface area contributed by atoms with Crippen molar-refractivity contribution in [2.45, 2.75) is 53.1 Å². The largest absolute Gasteiger partial charge is 0.0802 e. The zero-order chi connectivity index (χ0) is 14.1. The van der Waals surface area contributed by atoms with Gasteiger partial charge < -0.3 is 0 Å². The van der Waals surface area contributed by atoms with Gasteiger partial charge in [0.2, 0.25) is 0 Å². The Hall–Kier alpha value is 0.514. The first-order valence-electron chi connectivity index (χ1n) is 6.72. The lowest BCUT2D eigenvalue weighted by molar-refractivity contribution is 1.28. The van der Waals surface area contributed by atoms with Crippen LogP contribution >= 0.6 is 15.5 Å². The van der Waals surface area contributed by atoms with Gasteiger partial charge in [-0.15, -0.1) is 0 Å². The monoisotopic (exact) mass is 314 g/mol. The van der Waals surface area contributed by atoms with Crippen molar-refractivity contribution < 1.29 is 0 Å². The smallest absolute Gasteiger partial charge is 0.0790 e. The molecule has 1 rings (SSSR count). The zero-order valence-electron chi connectivity index (χ0n) is 13.3. The molecule has 0 aromatic carbocycles. The van der Waals surface area contributed by atoms with E-state index in [0.717, 1.165) is 0 Å². The third-order valence-electron chi connectivity index (χ3n) is 3.04. The van der Waals surface area contributed by atoms with Crippen molar-refractivity contribution in [1.29, 1.82) is 0 Å². The normalized spacial score (nSPS) is 22.7. The molecular weight excluding hydrogens is 286 g/mol. The second-order valence-corrected chi connectivity index (χ2v) is 22.6. The number of hydrogen-bond acceptors (Lipinski definition) is 0. The minimum Gasteiger partial charge on any atom is -0.0802 e. The van der Waals surface area contributed by atoms with Gasteiger partial charge in [-0.2, -0.15) is 0 Å². The molecule has 1 aliphatic heterocycles. The lowest BCUT2D eigenvalue weighted by atomic mass is 10.2. The maximum Gasteiger partial charge on any atom is 0.0790 e. The van der Waals surface area contributed by atoms with Crippen molar-refractivity contribution >= 4 is 37.1 Å². The minimum atomic E-state index is -1.14. The van der Waals surface area contributed by atoms with Crippen molar-refractivity contribution in [3.05, 3.63) is 22.2 Å². The Morgan fingerprint density at radius 1 is 1.11 bits per heavy atom. The molecule has 0 spiro atoms. The molecule has 4 heteroatoms. The molecule has 1 unspecified atom stereocenters. The summed E-state index contributed by atoms with van der Waals surface area (Å²) in [4.78, 5) is 1.84. The van der Waals surface area contributed by atoms with E-state index in [2.05, 4.69) is 64.6 Å². The van der Waals surface area contributed by atoms with Gasteiger partial charge in [0.25, 0.3) is 0 Å². The summed E-state index contributed by atoms with van der Waals surface area (Å²) in [6.07, 6.45) is 3.89. The molecule has 1 atom stereocenters. The van der Waals surface area contributed by atoms with Crippen molar-refractivity contribution in [1.82, 2.24) is 0 Å². The fraction of sp³-hybridized carbons (Fsp3) is 0.643. The summed E-state index contributed by atoms with van der Waals surface area (Å²) in [6.45, 7) is 19.5. The Bertz CT molecular complexity index is 406. The Morgan fingerprint density at radius 2 is 1.67 bits per heavy atom. The van der Waals surface area contributed by atoms with Gasteiger partial charge in [-0.1, -0.05) is 69.8 Å². The highest BCUT2D eigenvalue weighted by atomic mass is 32.0. The molecule has 0 N–H and O–H groups in total. The topological polar surface area (TPSA) is 0 Å². The average Bonchev–Trinajstić information content (AvgIpc) is 2.16. The van der Waals surface area contributed by atoms with Crippen LogP contribution in [0.3, 0.4) is 0 Å². The summed E-state index contributed by atoms with van der Waals surface area (Å²) >= 11 is 0. The molecule has 0 amide bonds. The van der Waals surface area contributed by atoms with Crippen LogP contribution in [0.2, 0.25) is 39.3 Å². The summed E-state index contributed by atoms with van der Waals surface area (Å²) in [5.41, 5.74) is 5.81. The quantitative estimate of drug-likeness (QED) is 0.435. The van der Waals surface area contributed by atoms with Crippen molar-refractivity contribution in [3.8, 4) is 0 Å². The molecule has 0 bridgehead atoms. The summed E-state index contributed by atoms with van der Waals surface area (Å²) < 4.78 is 0. The second kappa shape index (κ2) is 5.87. The van der Waals surface area contributed by atoms with Crippen molar-refractivity contribution in [2.24, 2.45) is 0 Å². The molecule has 0 aromatic rings. The molecule has 0 radical (unpaired) electrons. The van der Waals surface area contributed by atoms with Crippen LogP contribution < -0.4 is 0 Å². The van der Waals surface area contributed by atoms with E-state index < -0.39 is 16.1 Å². The van der Waals surface area contributed by atoms with E-state index in [0.29, 0.717) is 0 Å². The number of rotatable bonds is 3. The second-order valence-electron chi connectivity index (χ2n) is 7.41. The molecule has 0 aliphatic carbocycles. The van der Waals surface area contributed by atoms with Gasteiger partial charge in [0.05, 0.1) is 16.1 Å². The first kappa shape index (κ1) is 16.6. The Morgan fingerprint density at radius 3 is 2.11 bits per heavy atom. The maximum atomic E-state index is 2.65. The molecule has 0 aromatic heterocycles. The van der Waals surface area contributed by atoms with Gasteiger partial charge >= 0.3 is 0 Å². The number of allylic oxidation sites excluding steroid dienone is 3. The van der Waals surface area contributed by atoms with Crippen LogP contribution in [-0.4, -0.2) is 27.7 Å². The van der Waals surface area contributed by atoms with Crippen molar-refractivity contribution in [3.63, 3.8) is 0 Å². The van der Waals surface area contributed by atoms with Crippen LogP contribution in [0.4, 0.5) is 0 Å².